The Morgan fingerprint density at radius 2 is 2.05 bits per heavy atom. The second-order valence-corrected chi connectivity index (χ2v) is 4.92. The molecule has 0 saturated carbocycles. The van der Waals surface area contributed by atoms with Crippen molar-refractivity contribution in [2.24, 2.45) is 5.73 Å². The number of benzene rings is 1. The first kappa shape index (κ1) is 14.8. The van der Waals surface area contributed by atoms with Crippen LogP contribution in [0.1, 0.15) is 18.4 Å². The molecule has 1 amide bonds. The number of piperidine rings is 1. The summed E-state index contributed by atoms with van der Waals surface area (Å²) < 4.78 is 10.9. The van der Waals surface area contributed by atoms with Crippen LogP contribution in [0.25, 0.3) is 0 Å². The minimum Gasteiger partial charge on any atom is -0.483 e. The quantitative estimate of drug-likeness (QED) is 0.878. The van der Waals surface area contributed by atoms with E-state index in [0.29, 0.717) is 12.3 Å². The minimum absolute atomic E-state index is 0.0198. The maximum absolute atomic E-state index is 12.1. The normalized spacial score (nSPS) is 16.2. The summed E-state index contributed by atoms with van der Waals surface area (Å²) in [5.41, 5.74) is 6.56. The molecule has 0 atom stereocenters. The Hall–Kier alpha value is -1.59. The predicted octanol–water partition coefficient (Wildman–Crippen LogP) is 1.16. The molecule has 0 bridgehead atoms. The van der Waals surface area contributed by atoms with Crippen molar-refractivity contribution in [3.8, 4) is 5.75 Å². The van der Waals surface area contributed by atoms with Crippen LogP contribution in [-0.4, -0.2) is 43.7 Å². The van der Waals surface area contributed by atoms with Crippen LogP contribution < -0.4 is 10.5 Å². The van der Waals surface area contributed by atoms with Crippen molar-refractivity contribution in [2.75, 3.05) is 26.8 Å². The molecule has 0 unspecified atom stereocenters. The third-order valence-corrected chi connectivity index (χ3v) is 3.67. The average molecular weight is 278 g/mol. The molecule has 1 aromatic rings. The summed E-state index contributed by atoms with van der Waals surface area (Å²) in [5.74, 6) is 0.710. The number of para-hydroxylation sites is 1. The number of methoxy groups -OCH3 is 1. The van der Waals surface area contributed by atoms with Gasteiger partial charge in [0.15, 0.2) is 6.61 Å². The summed E-state index contributed by atoms with van der Waals surface area (Å²) in [6.45, 7) is 1.94. The molecule has 110 valence electrons. The Kier molecular flexibility index (Phi) is 5.38. The van der Waals surface area contributed by atoms with Gasteiger partial charge in [0.05, 0.1) is 6.10 Å². The number of likely N-dealkylation sites (tertiary alicyclic amines) is 1. The highest BCUT2D eigenvalue weighted by molar-refractivity contribution is 5.77. The van der Waals surface area contributed by atoms with Crippen molar-refractivity contribution in [2.45, 2.75) is 25.5 Å². The molecule has 5 heteroatoms. The van der Waals surface area contributed by atoms with E-state index in [1.165, 1.54) is 0 Å². The lowest BCUT2D eigenvalue weighted by atomic mass is 10.1. The first-order valence-corrected chi connectivity index (χ1v) is 6.96. The van der Waals surface area contributed by atoms with Crippen molar-refractivity contribution < 1.29 is 14.3 Å². The highest BCUT2D eigenvalue weighted by Gasteiger charge is 2.22. The molecule has 20 heavy (non-hydrogen) atoms. The molecule has 1 aromatic carbocycles. The van der Waals surface area contributed by atoms with E-state index in [2.05, 4.69) is 0 Å². The summed E-state index contributed by atoms with van der Waals surface area (Å²) in [5, 5.41) is 0. The zero-order valence-corrected chi connectivity index (χ0v) is 11.9. The number of hydrogen-bond acceptors (Lipinski definition) is 4. The molecular weight excluding hydrogens is 256 g/mol. The number of nitrogens with two attached hydrogens (primary N) is 1. The van der Waals surface area contributed by atoms with E-state index in [-0.39, 0.29) is 18.6 Å². The Labute approximate surface area is 119 Å². The molecule has 1 fully saturated rings. The van der Waals surface area contributed by atoms with Gasteiger partial charge in [0.25, 0.3) is 5.91 Å². The molecule has 0 aliphatic carbocycles. The average Bonchev–Trinajstić information content (AvgIpc) is 2.53. The molecule has 0 radical (unpaired) electrons. The van der Waals surface area contributed by atoms with Gasteiger partial charge in [0, 0.05) is 32.3 Å². The topological polar surface area (TPSA) is 64.8 Å². The molecular formula is C15H22N2O3. The van der Waals surface area contributed by atoms with E-state index in [0.717, 1.165) is 31.5 Å². The van der Waals surface area contributed by atoms with Crippen LogP contribution >= 0.6 is 0 Å². The zero-order valence-electron chi connectivity index (χ0n) is 11.9. The van der Waals surface area contributed by atoms with E-state index in [9.17, 15) is 4.79 Å². The van der Waals surface area contributed by atoms with Crippen molar-refractivity contribution in [3.05, 3.63) is 29.8 Å². The van der Waals surface area contributed by atoms with Gasteiger partial charge in [-0.25, -0.2) is 0 Å². The highest BCUT2D eigenvalue weighted by Crippen LogP contribution is 2.18. The number of carbonyl (C=O) groups is 1. The van der Waals surface area contributed by atoms with Gasteiger partial charge in [-0.15, -0.1) is 0 Å². The molecule has 2 N–H and O–H groups in total. The van der Waals surface area contributed by atoms with Crippen LogP contribution in [0, 0.1) is 0 Å². The first-order valence-electron chi connectivity index (χ1n) is 6.96. The molecule has 1 heterocycles. The number of amides is 1. The smallest absolute Gasteiger partial charge is 0.260 e. The van der Waals surface area contributed by atoms with E-state index < -0.39 is 0 Å². The standard InChI is InChI=1S/C15H22N2O3/c1-19-13-6-8-17(9-7-13)15(18)11-20-14-5-3-2-4-12(14)10-16/h2-5,13H,6-11,16H2,1H3. The van der Waals surface area contributed by atoms with Gasteiger partial charge in [0.1, 0.15) is 5.75 Å². The molecule has 2 rings (SSSR count). The minimum atomic E-state index is 0.0198. The lowest BCUT2D eigenvalue weighted by molar-refractivity contribution is -0.135. The lowest BCUT2D eigenvalue weighted by Crippen LogP contribution is -2.42. The van der Waals surface area contributed by atoms with Gasteiger partial charge in [0.2, 0.25) is 0 Å². The van der Waals surface area contributed by atoms with E-state index in [4.69, 9.17) is 15.2 Å². The van der Waals surface area contributed by atoms with Gasteiger partial charge in [-0.05, 0) is 18.9 Å². The summed E-state index contributed by atoms with van der Waals surface area (Å²) >= 11 is 0. The van der Waals surface area contributed by atoms with Crippen LogP contribution in [0.15, 0.2) is 24.3 Å². The van der Waals surface area contributed by atoms with Crippen molar-refractivity contribution in [1.82, 2.24) is 4.90 Å². The van der Waals surface area contributed by atoms with Crippen molar-refractivity contribution in [1.29, 1.82) is 0 Å². The summed E-state index contributed by atoms with van der Waals surface area (Å²) in [6.07, 6.45) is 2.06. The Bertz CT molecular complexity index is 442. The van der Waals surface area contributed by atoms with Gasteiger partial charge in [-0.3, -0.25) is 4.79 Å². The van der Waals surface area contributed by atoms with Gasteiger partial charge >= 0.3 is 0 Å². The van der Waals surface area contributed by atoms with Crippen LogP contribution in [0.5, 0.6) is 5.75 Å². The third-order valence-electron chi connectivity index (χ3n) is 3.67. The molecule has 1 aliphatic rings. The van der Waals surface area contributed by atoms with Crippen LogP contribution in [0.3, 0.4) is 0 Å². The van der Waals surface area contributed by atoms with E-state index >= 15 is 0 Å². The molecule has 1 aliphatic heterocycles. The Morgan fingerprint density at radius 3 is 2.70 bits per heavy atom. The number of rotatable bonds is 5. The maximum Gasteiger partial charge on any atom is 0.260 e. The van der Waals surface area contributed by atoms with E-state index in [1.807, 2.05) is 29.2 Å². The van der Waals surface area contributed by atoms with Crippen LogP contribution in [0.4, 0.5) is 0 Å². The van der Waals surface area contributed by atoms with Gasteiger partial charge in [-0.1, -0.05) is 18.2 Å². The fourth-order valence-electron chi connectivity index (χ4n) is 2.38. The Balaban J connectivity index is 1.83. The number of ether oxygens (including phenoxy) is 2. The number of carbonyl (C=O) groups excluding carboxylic acids is 1. The largest absolute Gasteiger partial charge is 0.483 e. The summed E-state index contributed by atoms with van der Waals surface area (Å²) in [7, 11) is 1.72. The summed E-state index contributed by atoms with van der Waals surface area (Å²) in [4.78, 5) is 13.9. The first-order chi connectivity index (χ1) is 9.74. The predicted molar refractivity (Wildman–Crippen MR) is 76.4 cm³/mol. The molecule has 5 nitrogen and oxygen atoms in total. The second-order valence-electron chi connectivity index (χ2n) is 4.92. The van der Waals surface area contributed by atoms with Gasteiger partial charge in [-0.2, -0.15) is 0 Å². The zero-order chi connectivity index (χ0) is 14.4. The van der Waals surface area contributed by atoms with Crippen LogP contribution in [0.2, 0.25) is 0 Å². The summed E-state index contributed by atoms with van der Waals surface area (Å²) in [6, 6.07) is 7.53. The van der Waals surface area contributed by atoms with E-state index in [1.54, 1.807) is 7.11 Å². The monoisotopic (exact) mass is 278 g/mol. The third kappa shape index (κ3) is 3.71. The molecule has 1 saturated heterocycles. The van der Waals surface area contributed by atoms with Gasteiger partial charge < -0.3 is 20.1 Å². The Morgan fingerprint density at radius 1 is 1.35 bits per heavy atom. The van der Waals surface area contributed by atoms with Crippen molar-refractivity contribution >= 4 is 5.91 Å². The fourth-order valence-corrected chi connectivity index (χ4v) is 2.38. The SMILES string of the molecule is COC1CCN(C(=O)COc2ccccc2CN)CC1. The van der Waals surface area contributed by atoms with Crippen LogP contribution in [-0.2, 0) is 16.1 Å². The lowest BCUT2D eigenvalue weighted by Gasteiger charge is -2.31. The second kappa shape index (κ2) is 7.26. The van der Waals surface area contributed by atoms with Crippen molar-refractivity contribution in [3.63, 3.8) is 0 Å². The molecule has 0 aromatic heterocycles. The fraction of sp³-hybridized carbons (Fsp3) is 0.533. The maximum atomic E-state index is 12.1. The number of hydrogen-bond donors (Lipinski definition) is 1. The number of nitrogens with zero attached hydrogens (tertiary/aromatic N) is 1. The molecule has 0 spiro atoms. The highest BCUT2D eigenvalue weighted by atomic mass is 16.5.